The lowest BCUT2D eigenvalue weighted by molar-refractivity contribution is 0.0697. The van der Waals surface area contributed by atoms with Crippen LogP contribution in [0.5, 0.6) is 0 Å². The molecule has 0 bridgehead atoms. The predicted octanol–water partition coefficient (Wildman–Crippen LogP) is 1.44. The summed E-state index contributed by atoms with van der Waals surface area (Å²) < 4.78 is 5.06. The number of ether oxygens (including phenoxy) is 1. The maximum atomic E-state index is 11.1. The van der Waals surface area contributed by atoms with Crippen LogP contribution in [0.15, 0.2) is 18.2 Å². The van der Waals surface area contributed by atoms with Gasteiger partial charge in [-0.2, -0.15) is 0 Å². The smallest absolute Gasteiger partial charge is 0.337 e. The van der Waals surface area contributed by atoms with Crippen molar-refractivity contribution in [3.05, 3.63) is 23.8 Å². The van der Waals surface area contributed by atoms with Gasteiger partial charge in [-0.3, -0.25) is 0 Å². The van der Waals surface area contributed by atoms with Gasteiger partial charge in [-0.15, -0.1) is 0 Å². The van der Waals surface area contributed by atoms with Gasteiger partial charge in [0, 0.05) is 25.9 Å². The molecule has 1 aromatic carbocycles. The Bertz CT molecular complexity index is 407. The molecule has 0 amide bonds. The molecular formula is C12H18N2O3. The summed E-state index contributed by atoms with van der Waals surface area (Å²) in [6, 6.07) is 4.83. The first-order chi connectivity index (χ1) is 7.97. The van der Waals surface area contributed by atoms with Gasteiger partial charge >= 0.3 is 5.97 Å². The minimum absolute atomic E-state index is 0.0694. The summed E-state index contributed by atoms with van der Waals surface area (Å²) in [5, 5.41) is 9.12. The molecule has 1 atom stereocenters. The number of rotatable bonds is 5. The summed E-state index contributed by atoms with van der Waals surface area (Å²) in [6.45, 7) is 2.47. The van der Waals surface area contributed by atoms with Gasteiger partial charge < -0.3 is 20.5 Å². The van der Waals surface area contributed by atoms with E-state index in [-0.39, 0.29) is 11.6 Å². The number of benzene rings is 1. The molecule has 0 aliphatic rings. The molecule has 5 heteroatoms. The number of likely N-dealkylation sites (N-methyl/N-ethyl adjacent to an activating group) is 1. The maximum Gasteiger partial charge on any atom is 0.337 e. The lowest BCUT2D eigenvalue weighted by atomic mass is 10.1. The minimum Gasteiger partial charge on any atom is -0.478 e. The summed E-state index contributed by atoms with van der Waals surface area (Å²) in [7, 11) is 3.44. The van der Waals surface area contributed by atoms with Crippen LogP contribution in [0, 0.1) is 0 Å². The van der Waals surface area contributed by atoms with Crippen molar-refractivity contribution in [2.24, 2.45) is 0 Å². The van der Waals surface area contributed by atoms with E-state index in [1.165, 1.54) is 6.07 Å². The van der Waals surface area contributed by atoms with E-state index in [0.717, 1.165) is 0 Å². The lowest BCUT2D eigenvalue weighted by Gasteiger charge is -2.27. The maximum absolute atomic E-state index is 11.1. The Hall–Kier alpha value is -1.75. The molecule has 0 aliphatic carbocycles. The fourth-order valence-electron chi connectivity index (χ4n) is 1.61. The van der Waals surface area contributed by atoms with Crippen LogP contribution in [0.4, 0.5) is 11.4 Å². The van der Waals surface area contributed by atoms with Crippen LogP contribution in [0.2, 0.25) is 0 Å². The predicted molar refractivity (Wildman–Crippen MR) is 67.6 cm³/mol. The highest BCUT2D eigenvalue weighted by molar-refractivity contribution is 5.95. The second-order valence-corrected chi connectivity index (χ2v) is 4.00. The highest BCUT2D eigenvalue weighted by atomic mass is 16.5. The number of aromatic carboxylic acids is 1. The molecule has 17 heavy (non-hydrogen) atoms. The first-order valence-corrected chi connectivity index (χ1v) is 5.32. The number of hydrogen-bond donors (Lipinski definition) is 2. The standard InChI is InChI=1S/C12H18N2O3/c1-8(7-17-3)14(2)11-6-9(13)4-5-10(11)12(15)16/h4-6,8H,7,13H2,1-3H3,(H,15,16). The Morgan fingerprint density at radius 1 is 1.59 bits per heavy atom. The van der Waals surface area contributed by atoms with Crippen molar-refractivity contribution in [1.82, 2.24) is 0 Å². The van der Waals surface area contributed by atoms with Crippen molar-refractivity contribution in [2.75, 3.05) is 31.4 Å². The molecule has 0 heterocycles. The Morgan fingerprint density at radius 2 is 2.24 bits per heavy atom. The second kappa shape index (κ2) is 5.54. The largest absolute Gasteiger partial charge is 0.478 e. The quantitative estimate of drug-likeness (QED) is 0.759. The van der Waals surface area contributed by atoms with Gasteiger partial charge in [0.1, 0.15) is 0 Å². The fourth-order valence-corrected chi connectivity index (χ4v) is 1.61. The number of nitrogen functional groups attached to an aromatic ring is 1. The molecule has 1 unspecified atom stereocenters. The van der Waals surface area contributed by atoms with Crippen molar-refractivity contribution in [1.29, 1.82) is 0 Å². The van der Waals surface area contributed by atoms with Crippen LogP contribution in [0.1, 0.15) is 17.3 Å². The summed E-state index contributed by atoms with van der Waals surface area (Å²) in [6.07, 6.45) is 0. The van der Waals surface area contributed by atoms with E-state index in [1.54, 1.807) is 19.2 Å². The van der Waals surface area contributed by atoms with Gasteiger partial charge in [-0.05, 0) is 25.1 Å². The molecule has 94 valence electrons. The average Bonchev–Trinajstić information content (AvgIpc) is 2.27. The van der Waals surface area contributed by atoms with E-state index in [4.69, 9.17) is 15.6 Å². The Morgan fingerprint density at radius 3 is 2.76 bits per heavy atom. The highest BCUT2D eigenvalue weighted by Gasteiger charge is 2.17. The highest BCUT2D eigenvalue weighted by Crippen LogP contribution is 2.24. The molecule has 0 aliphatic heterocycles. The second-order valence-electron chi connectivity index (χ2n) is 4.00. The van der Waals surface area contributed by atoms with Gasteiger partial charge in [0.05, 0.1) is 17.9 Å². The molecule has 0 radical (unpaired) electrons. The molecular weight excluding hydrogens is 220 g/mol. The van der Waals surface area contributed by atoms with E-state index in [1.807, 2.05) is 18.9 Å². The first kappa shape index (κ1) is 13.3. The van der Waals surface area contributed by atoms with Crippen LogP contribution in [-0.4, -0.2) is 37.9 Å². The topological polar surface area (TPSA) is 75.8 Å². The van der Waals surface area contributed by atoms with Crippen LogP contribution in [0.25, 0.3) is 0 Å². The van der Waals surface area contributed by atoms with Crippen molar-refractivity contribution in [3.63, 3.8) is 0 Å². The molecule has 0 spiro atoms. The zero-order valence-electron chi connectivity index (χ0n) is 10.3. The Kier molecular flexibility index (Phi) is 4.34. The lowest BCUT2D eigenvalue weighted by Crippen LogP contribution is -2.33. The molecule has 0 saturated carbocycles. The van der Waals surface area contributed by atoms with Crippen LogP contribution in [0.3, 0.4) is 0 Å². The van der Waals surface area contributed by atoms with E-state index < -0.39 is 5.97 Å². The summed E-state index contributed by atoms with van der Waals surface area (Å²) in [5.74, 6) is -0.962. The molecule has 1 rings (SSSR count). The van der Waals surface area contributed by atoms with Crippen molar-refractivity contribution in [3.8, 4) is 0 Å². The van der Waals surface area contributed by atoms with Gasteiger partial charge in [0.25, 0.3) is 0 Å². The molecule has 3 N–H and O–H groups in total. The number of carboxylic acid groups (broad SMARTS) is 1. The van der Waals surface area contributed by atoms with Crippen molar-refractivity contribution < 1.29 is 14.6 Å². The van der Waals surface area contributed by atoms with Crippen LogP contribution < -0.4 is 10.6 Å². The third kappa shape index (κ3) is 3.10. The summed E-state index contributed by atoms with van der Waals surface area (Å²) in [4.78, 5) is 13.0. The Labute approximate surface area is 101 Å². The third-order valence-electron chi connectivity index (χ3n) is 2.70. The number of methoxy groups -OCH3 is 1. The van der Waals surface area contributed by atoms with Crippen LogP contribution in [-0.2, 0) is 4.74 Å². The summed E-state index contributed by atoms with van der Waals surface area (Å²) in [5.41, 5.74) is 7.07. The Balaban J connectivity index is 3.10. The molecule has 5 nitrogen and oxygen atoms in total. The minimum atomic E-state index is -0.962. The summed E-state index contributed by atoms with van der Waals surface area (Å²) >= 11 is 0. The zero-order chi connectivity index (χ0) is 13.0. The number of nitrogens with zero attached hydrogens (tertiary/aromatic N) is 1. The van der Waals surface area contributed by atoms with Gasteiger partial charge in [-0.1, -0.05) is 0 Å². The normalized spacial score (nSPS) is 12.2. The fraction of sp³-hybridized carbons (Fsp3) is 0.417. The van der Waals surface area contributed by atoms with E-state index >= 15 is 0 Å². The van der Waals surface area contributed by atoms with E-state index in [0.29, 0.717) is 18.0 Å². The van der Waals surface area contributed by atoms with Gasteiger partial charge in [0.2, 0.25) is 0 Å². The monoisotopic (exact) mass is 238 g/mol. The number of hydrogen-bond acceptors (Lipinski definition) is 4. The molecule has 1 aromatic rings. The van der Waals surface area contributed by atoms with Crippen LogP contribution >= 0.6 is 0 Å². The first-order valence-electron chi connectivity index (χ1n) is 5.32. The van der Waals surface area contributed by atoms with Gasteiger partial charge in [0.15, 0.2) is 0 Å². The van der Waals surface area contributed by atoms with Crippen molar-refractivity contribution >= 4 is 17.3 Å². The van der Waals surface area contributed by atoms with Gasteiger partial charge in [-0.25, -0.2) is 4.79 Å². The number of nitrogens with two attached hydrogens (primary N) is 1. The SMILES string of the molecule is COCC(C)N(C)c1cc(N)ccc1C(=O)O. The third-order valence-corrected chi connectivity index (χ3v) is 2.70. The zero-order valence-corrected chi connectivity index (χ0v) is 10.3. The van der Waals surface area contributed by atoms with Crippen molar-refractivity contribution in [2.45, 2.75) is 13.0 Å². The van der Waals surface area contributed by atoms with E-state index in [9.17, 15) is 4.79 Å². The number of anilines is 2. The molecule has 0 saturated heterocycles. The van der Waals surface area contributed by atoms with E-state index in [2.05, 4.69) is 0 Å². The molecule has 0 fully saturated rings. The average molecular weight is 238 g/mol. The number of carboxylic acids is 1. The number of carbonyl (C=O) groups is 1. The molecule has 0 aromatic heterocycles.